The second-order valence-corrected chi connectivity index (χ2v) is 13.1. The molecule has 2 aromatic carbocycles. The molecule has 3 aromatic rings. The molecule has 0 radical (unpaired) electrons. The lowest BCUT2D eigenvalue weighted by molar-refractivity contribution is -0.138. The Hall–Kier alpha value is -4.49. The normalized spacial score (nSPS) is 21.5. The van der Waals surface area contributed by atoms with Gasteiger partial charge in [-0.15, -0.1) is 11.3 Å². The highest BCUT2D eigenvalue weighted by atomic mass is 32.1. The fraction of sp³-hybridized carbons (Fsp3) is 0.424. The number of rotatable bonds is 4. The van der Waals surface area contributed by atoms with Crippen LogP contribution in [0.5, 0.6) is 17.2 Å². The molecule has 1 saturated heterocycles. The minimum Gasteiger partial charge on any atom is -0.507 e. The number of thiazole rings is 1. The van der Waals surface area contributed by atoms with Crippen LogP contribution in [0, 0.1) is 12.8 Å². The van der Waals surface area contributed by atoms with Crippen molar-refractivity contribution < 1.29 is 29.0 Å². The fourth-order valence-electron chi connectivity index (χ4n) is 5.50. The highest BCUT2D eigenvalue weighted by Gasteiger charge is 2.32. The maximum atomic E-state index is 13.9. The molecular formula is C33H40N6O6S. The smallest absolute Gasteiger partial charge is 0.255 e. The van der Waals surface area contributed by atoms with Crippen molar-refractivity contribution in [1.82, 2.24) is 30.7 Å². The van der Waals surface area contributed by atoms with Crippen molar-refractivity contribution in [2.45, 2.75) is 58.8 Å². The molecule has 3 aliphatic heterocycles. The largest absolute Gasteiger partial charge is 0.507 e. The van der Waals surface area contributed by atoms with Gasteiger partial charge in [-0.1, -0.05) is 26.0 Å². The molecule has 46 heavy (non-hydrogen) atoms. The number of fused-ring (bicyclic) bond motifs is 11. The number of ether oxygens (including phenoxy) is 1. The zero-order valence-corrected chi connectivity index (χ0v) is 27.2. The van der Waals surface area contributed by atoms with E-state index >= 15 is 0 Å². The summed E-state index contributed by atoms with van der Waals surface area (Å²) in [4.78, 5) is 62.3. The number of phenols is 1. The van der Waals surface area contributed by atoms with E-state index in [0.29, 0.717) is 37.7 Å². The first-order valence-electron chi connectivity index (χ1n) is 15.4. The zero-order valence-electron chi connectivity index (χ0n) is 26.4. The van der Waals surface area contributed by atoms with Crippen molar-refractivity contribution in [3.8, 4) is 17.2 Å². The van der Waals surface area contributed by atoms with Gasteiger partial charge in [-0.25, -0.2) is 4.98 Å². The van der Waals surface area contributed by atoms with Gasteiger partial charge in [-0.3, -0.25) is 24.1 Å². The van der Waals surface area contributed by atoms with Crippen LogP contribution < -0.4 is 20.7 Å². The van der Waals surface area contributed by atoms with Gasteiger partial charge in [-0.2, -0.15) is 0 Å². The molecule has 0 unspecified atom stereocenters. The number of hydrogen-bond donors (Lipinski definition) is 4. The number of nitrogens with one attached hydrogen (secondary N) is 3. The number of aromatic hydroxyl groups is 1. The van der Waals surface area contributed by atoms with Gasteiger partial charge in [0.1, 0.15) is 35.4 Å². The number of amides is 4. The van der Waals surface area contributed by atoms with E-state index < -0.39 is 35.8 Å². The number of aryl methyl sites for hydroxylation is 1. The van der Waals surface area contributed by atoms with Gasteiger partial charge in [-0.05, 0) is 55.7 Å². The third kappa shape index (κ3) is 8.01. The quantitative estimate of drug-likeness (QED) is 0.315. The van der Waals surface area contributed by atoms with E-state index in [1.807, 2.05) is 19.1 Å². The van der Waals surface area contributed by atoms with Crippen LogP contribution in [0.3, 0.4) is 0 Å². The summed E-state index contributed by atoms with van der Waals surface area (Å²) in [6, 6.07) is 8.53. The molecule has 1 fully saturated rings. The van der Waals surface area contributed by atoms with Crippen LogP contribution in [-0.2, 0) is 27.3 Å². The minimum atomic E-state index is -1.00. The van der Waals surface area contributed by atoms with Crippen molar-refractivity contribution in [2.24, 2.45) is 5.92 Å². The Morgan fingerprint density at radius 2 is 1.70 bits per heavy atom. The molecule has 3 atom stereocenters. The van der Waals surface area contributed by atoms with Crippen molar-refractivity contribution in [2.75, 3.05) is 26.2 Å². The molecule has 0 aliphatic carbocycles. The molecule has 6 rings (SSSR count). The molecule has 244 valence electrons. The first-order chi connectivity index (χ1) is 22.0. The Labute approximate surface area is 272 Å². The number of carbonyl (C=O) groups excluding carboxylic acids is 4. The number of hydrogen-bond acceptors (Lipinski definition) is 9. The molecule has 1 aromatic heterocycles. The monoisotopic (exact) mass is 648 g/mol. The SMILES string of the molecule is Cc1nc(CN2CCN(C(=O)[C@@H]3Cc4ccc(cc4)Oc4ccc(O)c(c4)C(=O)N[C@@H](C(C)C)C(=O)N[C@@H](C)C(=O)N3)CC2)cs1. The Kier molecular flexibility index (Phi) is 10.2. The molecule has 3 aliphatic rings. The number of phenolic OH excluding ortho intramolecular Hbond substituents is 1. The lowest BCUT2D eigenvalue weighted by Crippen LogP contribution is -2.59. The highest BCUT2D eigenvalue weighted by Crippen LogP contribution is 2.28. The summed E-state index contributed by atoms with van der Waals surface area (Å²) in [5.41, 5.74) is 1.76. The topological polar surface area (TPSA) is 153 Å². The summed E-state index contributed by atoms with van der Waals surface area (Å²) < 4.78 is 5.95. The molecule has 4 heterocycles. The third-order valence-electron chi connectivity index (χ3n) is 8.15. The van der Waals surface area contributed by atoms with E-state index in [1.165, 1.54) is 25.1 Å². The van der Waals surface area contributed by atoms with E-state index in [1.54, 1.807) is 42.2 Å². The summed E-state index contributed by atoms with van der Waals surface area (Å²) >= 11 is 1.62. The maximum absolute atomic E-state index is 13.9. The third-order valence-corrected chi connectivity index (χ3v) is 8.97. The van der Waals surface area contributed by atoms with Crippen molar-refractivity contribution in [3.05, 3.63) is 69.7 Å². The predicted octanol–water partition coefficient (Wildman–Crippen LogP) is 2.59. The molecule has 4 N–H and O–H groups in total. The van der Waals surface area contributed by atoms with Crippen LogP contribution in [0.1, 0.15) is 47.4 Å². The maximum Gasteiger partial charge on any atom is 0.255 e. The Morgan fingerprint density at radius 1 is 1.00 bits per heavy atom. The second kappa shape index (κ2) is 14.3. The summed E-state index contributed by atoms with van der Waals surface area (Å²) in [6.07, 6.45) is 0.234. The van der Waals surface area contributed by atoms with Crippen molar-refractivity contribution in [3.63, 3.8) is 0 Å². The second-order valence-electron chi connectivity index (χ2n) is 12.1. The summed E-state index contributed by atoms with van der Waals surface area (Å²) in [7, 11) is 0. The van der Waals surface area contributed by atoms with Gasteiger partial charge >= 0.3 is 0 Å². The van der Waals surface area contributed by atoms with E-state index in [2.05, 4.69) is 31.2 Å². The van der Waals surface area contributed by atoms with Crippen molar-refractivity contribution >= 4 is 35.0 Å². The van der Waals surface area contributed by atoms with Gasteiger partial charge < -0.3 is 30.7 Å². The Bertz CT molecular complexity index is 1580. The predicted molar refractivity (Wildman–Crippen MR) is 173 cm³/mol. The molecule has 12 nitrogen and oxygen atoms in total. The van der Waals surface area contributed by atoms with Gasteiger partial charge in [0.25, 0.3) is 5.91 Å². The first-order valence-corrected chi connectivity index (χ1v) is 16.3. The summed E-state index contributed by atoms with van der Waals surface area (Å²) in [6.45, 7) is 10.1. The van der Waals surface area contributed by atoms with Crippen LogP contribution in [-0.4, -0.2) is 87.8 Å². The van der Waals surface area contributed by atoms with Gasteiger partial charge in [0.15, 0.2) is 0 Å². The fourth-order valence-corrected chi connectivity index (χ4v) is 6.11. The Balaban J connectivity index is 1.37. The lowest BCUT2D eigenvalue weighted by atomic mass is 10.0. The molecule has 0 saturated carbocycles. The average Bonchev–Trinajstić information content (AvgIpc) is 3.44. The summed E-state index contributed by atoms with van der Waals surface area (Å²) in [5.74, 6) is -1.76. The van der Waals surface area contributed by atoms with Crippen LogP contribution in [0.15, 0.2) is 47.8 Å². The number of carbonyl (C=O) groups is 4. The van der Waals surface area contributed by atoms with E-state index in [-0.39, 0.29) is 29.6 Å². The van der Waals surface area contributed by atoms with Crippen LogP contribution in [0.4, 0.5) is 0 Å². The number of aromatic nitrogens is 1. The highest BCUT2D eigenvalue weighted by molar-refractivity contribution is 7.09. The van der Waals surface area contributed by atoms with Crippen LogP contribution in [0.2, 0.25) is 0 Å². The van der Waals surface area contributed by atoms with Crippen LogP contribution in [0.25, 0.3) is 0 Å². The minimum absolute atomic E-state index is 0.0557. The van der Waals surface area contributed by atoms with Gasteiger partial charge in [0, 0.05) is 44.5 Å². The van der Waals surface area contributed by atoms with E-state index in [9.17, 15) is 24.3 Å². The van der Waals surface area contributed by atoms with E-state index in [4.69, 9.17) is 4.74 Å². The van der Waals surface area contributed by atoms with E-state index in [0.717, 1.165) is 22.8 Å². The number of piperazine rings is 1. The number of nitrogens with zero attached hydrogens (tertiary/aromatic N) is 3. The van der Waals surface area contributed by atoms with Gasteiger partial charge in [0.05, 0.1) is 16.3 Å². The van der Waals surface area contributed by atoms with Crippen LogP contribution >= 0.6 is 11.3 Å². The Morgan fingerprint density at radius 3 is 2.35 bits per heavy atom. The van der Waals surface area contributed by atoms with Gasteiger partial charge in [0.2, 0.25) is 17.7 Å². The molecule has 4 bridgehead atoms. The molecular weight excluding hydrogens is 608 g/mol. The molecule has 13 heteroatoms. The zero-order chi connectivity index (χ0) is 33.0. The molecule has 4 amide bonds. The standard InChI is InChI=1S/C33H40N6O6S/c1-19(2)29-32(43)34-20(3)30(41)36-27(33(44)39-13-11-38(12-14-39)17-23-18-46-21(4)35-23)15-22-5-7-24(8-6-22)45-25-9-10-28(40)26(16-25)31(42)37-29/h5-10,16,18-20,27,29,40H,11-15,17H2,1-4H3,(H,34,43)(H,36,41)(H,37,42)/t20-,27-,29-/m0/s1. The average molecular weight is 649 g/mol. The lowest BCUT2D eigenvalue weighted by Gasteiger charge is -2.36. The number of benzene rings is 2. The first kappa shape index (κ1) is 32.9. The molecule has 0 spiro atoms. The summed E-state index contributed by atoms with van der Waals surface area (Å²) in [5, 5.41) is 21.7. The van der Waals surface area contributed by atoms with Crippen molar-refractivity contribution in [1.29, 1.82) is 0 Å².